The predicted molar refractivity (Wildman–Crippen MR) is 71.2 cm³/mol. The number of hydrogen-bond donors (Lipinski definition) is 2. The van der Waals surface area contributed by atoms with Crippen LogP contribution in [0, 0.1) is 0 Å². The number of aromatic carboxylic acids is 1. The molecule has 0 heterocycles. The lowest BCUT2D eigenvalue weighted by Crippen LogP contribution is -2.14. The summed E-state index contributed by atoms with van der Waals surface area (Å²) in [5, 5.41) is 11.6. The maximum absolute atomic E-state index is 11.9. The van der Waals surface area contributed by atoms with Crippen LogP contribution in [0.4, 0.5) is 5.69 Å². The molecule has 0 spiro atoms. The molecule has 19 heavy (non-hydrogen) atoms. The molecule has 1 atom stereocenters. The van der Waals surface area contributed by atoms with E-state index in [0.717, 1.165) is 0 Å². The number of ether oxygens (including phenoxy) is 1. The van der Waals surface area contributed by atoms with E-state index >= 15 is 0 Å². The fourth-order valence-corrected chi connectivity index (χ4v) is 2.44. The van der Waals surface area contributed by atoms with Gasteiger partial charge in [0.15, 0.2) is 4.90 Å². The molecule has 0 radical (unpaired) electrons. The third kappa shape index (κ3) is 3.62. The Labute approximate surface area is 113 Å². The number of anilines is 1. The maximum Gasteiger partial charge on any atom is 0.339 e. The van der Waals surface area contributed by atoms with Gasteiger partial charge in [0.2, 0.25) is 5.91 Å². The minimum absolute atomic E-state index is 0.0894. The van der Waals surface area contributed by atoms with Crippen molar-refractivity contribution in [3.05, 3.63) is 17.7 Å². The van der Waals surface area contributed by atoms with E-state index in [2.05, 4.69) is 5.32 Å². The fourth-order valence-electron chi connectivity index (χ4n) is 1.53. The molecular weight excluding hydrogens is 270 g/mol. The molecule has 0 saturated carbocycles. The molecule has 0 aliphatic rings. The first-order chi connectivity index (χ1) is 8.90. The van der Waals surface area contributed by atoms with Crippen molar-refractivity contribution in [2.75, 3.05) is 18.2 Å². The number of carbonyl (C=O) groups is 2. The highest BCUT2D eigenvalue weighted by atomic mass is 32.2. The smallest absolute Gasteiger partial charge is 0.339 e. The van der Waals surface area contributed by atoms with Gasteiger partial charge >= 0.3 is 5.97 Å². The summed E-state index contributed by atoms with van der Waals surface area (Å²) in [5.41, 5.74) is 0.211. The van der Waals surface area contributed by atoms with Gasteiger partial charge in [-0.2, -0.15) is 0 Å². The monoisotopic (exact) mass is 285 g/mol. The van der Waals surface area contributed by atoms with E-state index in [1.165, 1.54) is 26.2 Å². The van der Waals surface area contributed by atoms with E-state index < -0.39 is 17.1 Å². The standard InChI is InChI=1S/C12H15NO5S/c1-4-19(17)11-5-8(12(15)16)10(18-3)6-9(11)13-7(2)14/h5-6H,4H2,1-3H3,(H,13,14)(H,15,16). The third-order valence-electron chi connectivity index (χ3n) is 2.35. The number of carbonyl (C=O) groups excluding carboxylic acids is 1. The molecule has 0 fully saturated rings. The number of carboxylic acid groups (broad SMARTS) is 1. The van der Waals surface area contributed by atoms with E-state index in [1.807, 2.05) is 0 Å². The molecule has 2 N–H and O–H groups in total. The summed E-state index contributed by atoms with van der Waals surface area (Å²) < 4.78 is 16.9. The van der Waals surface area contributed by atoms with Crippen LogP contribution in [0.15, 0.2) is 17.0 Å². The lowest BCUT2D eigenvalue weighted by atomic mass is 10.1. The van der Waals surface area contributed by atoms with Gasteiger partial charge in [0.1, 0.15) is 22.8 Å². The quantitative estimate of drug-likeness (QED) is 0.798. The van der Waals surface area contributed by atoms with E-state index in [9.17, 15) is 14.1 Å². The number of nitrogens with one attached hydrogen (secondary N) is 1. The van der Waals surface area contributed by atoms with Crippen LogP contribution < -0.4 is 10.1 Å². The highest BCUT2D eigenvalue weighted by molar-refractivity contribution is 7.91. The number of amides is 1. The van der Waals surface area contributed by atoms with Crippen LogP contribution in [0.2, 0.25) is 0 Å². The average molecular weight is 285 g/mol. The molecule has 1 aromatic rings. The lowest BCUT2D eigenvalue weighted by Gasteiger charge is -2.15. The van der Waals surface area contributed by atoms with Crippen LogP contribution >= 0.6 is 0 Å². The summed E-state index contributed by atoms with van der Waals surface area (Å²) in [6.45, 7) is 3.02. The van der Waals surface area contributed by atoms with E-state index in [4.69, 9.17) is 9.84 Å². The van der Waals surface area contributed by atoms with Crippen LogP contribution in [-0.4, -0.2) is 34.4 Å². The van der Waals surface area contributed by atoms with E-state index in [1.54, 1.807) is 6.92 Å². The Balaban J connectivity index is 3.42. The topological polar surface area (TPSA) is 98.7 Å². The summed E-state index contributed by atoms with van der Waals surface area (Å²) in [6.07, 6.45) is 0. The Morgan fingerprint density at radius 2 is 2.11 bits per heavy atom. The van der Waals surface area contributed by atoms with Crippen molar-refractivity contribution < 1.29 is 24.0 Å². The third-order valence-corrected chi connectivity index (χ3v) is 3.70. The Kier molecular flexibility index (Phi) is 5.20. The molecule has 6 nitrogen and oxygen atoms in total. The van der Waals surface area contributed by atoms with Gasteiger partial charge in [0, 0.05) is 19.1 Å². The van der Waals surface area contributed by atoms with Crippen molar-refractivity contribution in [1.82, 2.24) is 0 Å². The molecule has 0 saturated heterocycles. The van der Waals surface area contributed by atoms with Crippen LogP contribution in [0.1, 0.15) is 24.2 Å². The Morgan fingerprint density at radius 3 is 2.53 bits per heavy atom. The summed E-state index contributed by atoms with van der Waals surface area (Å²) in [6, 6.07) is 2.64. The Morgan fingerprint density at radius 1 is 1.47 bits per heavy atom. The highest BCUT2D eigenvalue weighted by Crippen LogP contribution is 2.31. The number of methoxy groups -OCH3 is 1. The Hall–Kier alpha value is -1.73. The molecule has 0 aliphatic heterocycles. The van der Waals surface area contributed by atoms with Crippen LogP contribution in [0.5, 0.6) is 5.75 Å². The van der Waals surface area contributed by atoms with Gasteiger partial charge in [0.25, 0.3) is 0 Å². The van der Waals surface area contributed by atoms with Gasteiger partial charge in [-0.15, -0.1) is 0 Å². The normalized spacial score (nSPS) is 11.8. The van der Waals surface area contributed by atoms with Crippen LogP contribution in [0.25, 0.3) is 0 Å². The maximum atomic E-state index is 11.9. The van der Waals surface area contributed by atoms with Crippen molar-refractivity contribution in [2.24, 2.45) is 0 Å². The largest absolute Gasteiger partial charge is 0.611 e. The van der Waals surface area contributed by atoms with Gasteiger partial charge < -0.3 is 19.7 Å². The number of rotatable bonds is 5. The number of hydrogen-bond acceptors (Lipinski definition) is 4. The first-order valence-electron chi connectivity index (χ1n) is 5.52. The zero-order valence-corrected chi connectivity index (χ0v) is 11.7. The molecule has 1 amide bonds. The van der Waals surface area contributed by atoms with Gasteiger partial charge in [-0.3, -0.25) is 4.79 Å². The van der Waals surface area contributed by atoms with Gasteiger partial charge in [-0.05, 0) is 18.1 Å². The summed E-state index contributed by atoms with van der Waals surface area (Å²) in [4.78, 5) is 22.5. The molecule has 0 aromatic heterocycles. The fraction of sp³-hybridized carbons (Fsp3) is 0.333. The zero-order chi connectivity index (χ0) is 14.6. The van der Waals surface area contributed by atoms with Crippen molar-refractivity contribution in [3.63, 3.8) is 0 Å². The van der Waals surface area contributed by atoms with E-state index in [-0.39, 0.29) is 22.1 Å². The van der Waals surface area contributed by atoms with Crippen LogP contribution in [0.3, 0.4) is 0 Å². The molecule has 104 valence electrons. The first kappa shape index (κ1) is 15.3. The molecule has 0 aliphatic carbocycles. The number of carboxylic acids is 1. The average Bonchev–Trinajstić information content (AvgIpc) is 2.36. The van der Waals surface area contributed by atoms with Gasteiger partial charge in [-0.25, -0.2) is 4.79 Å². The molecule has 0 bridgehead atoms. The molecule has 1 unspecified atom stereocenters. The second kappa shape index (κ2) is 6.44. The molecule has 1 rings (SSSR count). The SMILES string of the molecule is CC[S+]([O-])c1cc(C(=O)O)c(OC)cc1NC(C)=O. The first-order valence-corrected chi connectivity index (χ1v) is 6.83. The van der Waals surface area contributed by atoms with Crippen molar-refractivity contribution >= 4 is 28.7 Å². The molecular formula is C12H15NO5S. The van der Waals surface area contributed by atoms with Gasteiger partial charge in [0.05, 0.1) is 7.11 Å². The van der Waals surface area contributed by atoms with Crippen LogP contribution in [-0.2, 0) is 16.0 Å². The Bertz CT molecular complexity index is 503. The predicted octanol–water partition coefficient (Wildman–Crippen LogP) is 1.48. The summed E-state index contributed by atoms with van der Waals surface area (Å²) in [5.74, 6) is -1.09. The number of benzene rings is 1. The summed E-state index contributed by atoms with van der Waals surface area (Å²) >= 11 is -1.39. The molecule has 7 heteroatoms. The van der Waals surface area contributed by atoms with Crippen molar-refractivity contribution in [3.8, 4) is 5.75 Å². The zero-order valence-electron chi connectivity index (χ0n) is 10.9. The second-order valence-electron chi connectivity index (χ2n) is 3.67. The lowest BCUT2D eigenvalue weighted by molar-refractivity contribution is -0.114. The second-order valence-corrected chi connectivity index (χ2v) is 5.38. The van der Waals surface area contributed by atoms with Gasteiger partial charge in [-0.1, -0.05) is 0 Å². The molecule has 1 aromatic carbocycles. The van der Waals surface area contributed by atoms with Crippen molar-refractivity contribution in [2.45, 2.75) is 18.7 Å². The highest BCUT2D eigenvalue weighted by Gasteiger charge is 2.22. The minimum atomic E-state index is -1.39. The van der Waals surface area contributed by atoms with E-state index in [0.29, 0.717) is 11.4 Å². The van der Waals surface area contributed by atoms with Crippen molar-refractivity contribution in [1.29, 1.82) is 0 Å². The minimum Gasteiger partial charge on any atom is -0.611 e. The summed E-state index contributed by atoms with van der Waals surface area (Å²) in [7, 11) is 1.33.